The number of aromatic nitrogens is 2. The smallest absolute Gasteiger partial charge is 0.272 e. The minimum absolute atomic E-state index is 0.162. The van der Waals surface area contributed by atoms with E-state index >= 15 is 0 Å². The highest BCUT2D eigenvalue weighted by Gasteiger charge is 2.21. The molecule has 0 amide bonds. The van der Waals surface area contributed by atoms with Gasteiger partial charge in [-0.15, -0.1) is 0 Å². The molecule has 0 bridgehead atoms. The number of nitrogens with zero attached hydrogens (tertiary/aromatic N) is 2. The fourth-order valence-corrected chi connectivity index (χ4v) is 3.96. The second-order valence-corrected chi connectivity index (χ2v) is 6.63. The zero-order chi connectivity index (χ0) is 15.1. The molecule has 1 N–H and O–H groups in total. The number of hydrogen-bond acceptors (Lipinski definition) is 4. The van der Waals surface area contributed by atoms with Gasteiger partial charge in [0, 0.05) is 21.8 Å². The van der Waals surface area contributed by atoms with Crippen molar-refractivity contribution in [3.63, 3.8) is 0 Å². The van der Waals surface area contributed by atoms with E-state index in [-0.39, 0.29) is 5.56 Å². The van der Waals surface area contributed by atoms with Gasteiger partial charge in [0.05, 0.1) is 17.3 Å². The first-order chi connectivity index (χ1) is 10.7. The number of anilines is 1. The van der Waals surface area contributed by atoms with Gasteiger partial charge in [-0.2, -0.15) is 5.10 Å². The predicted octanol–water partition coefficient (Wildman–Crippen LogP) is 3.65. The largest absolute Gasteiger partial charge is 0.311 e. The second kappa shape index (κ2) is 5.34. The zero-order valence-electron chi connectivity index (χ0n) is 11.5. The molecule has 1 aromatic heterocycles. The number of aromatic amines is 1. The molecule has 0 atom stereocenters. The number of rotatable bonds is 2. The molecule has 0 saturated carbocycles. The van der Waals surface area contributed by atoms with E-state index in [1.807, 2.05) is 30.3 Å². The molecule has 1 aliphatic heterocycles. The lowest BCUT2D eigenvalue weighted by atomic mass is 10.2. The van der Waals surface area contributed by atoms with E-state index < -0.39 is 0 Å². The van der Waals surface area contributed by atoms with E-state index in [0.717, 1.165) is 34.0 Å². The molecular weight excluding hydrogens is 318 g/mol. The highest BCUT2D eigenvalue weighted by atomic mass is 35.5. The maximum Gasteiger partial charge on any atom is 0.272 e. The van der Waals surface area contributed by atoms with E-state index in [1.54, 1.807) is 18.1 Å². The first-order valence-corrected chi connectivity index (χ1v) is 8.08. The van der Waals surface area contributed by atoms with Crippen LogP contribution in [0.2, 0.25) is 5.02 Å². The van der Waals surface area contributed by atoms with Crippen LogP contribution in [-0.4, -0.2) is 16.7 Å². The second-order valence-electron chi connectivity index (χ2n) is 5.13. The molecule has 3 aromatic rings. The topological polar surface area (TPSA) is 49.0 Å². The van der Waals surface area contributed by atoms with Crippen molar-refractivity contribution >= 4 is 40.0 Å². The summed E-state index contributed by atoms with van der Waals surface area (Å²) in [6.07, 6.45) is 2.71. The van der Waals surface area contributed by atoms with Crippen molar-refractivity contribution in [2.75, 3.05) is 10.8 Å². The molecule has 0 fully saturated rings. The molecule has 2 heterocycles. The fourth-order valence-electron chi connectivity index (χ4n) is 2.71. The lowest BCUT2D eigenvalue weighted by Crippen LogP contribution is -2.11. The number of fused-ring (bicyclic) bond motifs is 2. The third kappa shape index (κ3) is 2.26. The van der Waals surface area contributed by atoms with Gasteiger partial charge in [-0.05, 0) is 48.2 Å². The molecule has 4 rings (SSSR count). The number of nitrogens with one attached hydrogen (secondary N) is 1. The van der Waals surface area contributed by atoms with E-state index in [9.17, 15) is 4.79 Å². The Morgan fingerprint density at radius 1 is 1.23 bits per heavy atom. The average molecular weight is 330 g/mol. The Hall–Kier alpha value is -1.98. The van der Waals surface area contributed by atoms with Crippen molar-refractivity contribution in [2.24, 2.45) is 0 Å². The van der Waals surface area contributed by atoms with Crippen molar-refractivity contribution in [1.82, 2.24) is 10.2 Å². The Kier molecular flexibility index (Phi) is 3.32. The van der Waals surface area contributed by atoms with Gasteiger partial charge in [-0.3, -0.25) is 4.79 Å². The monoisotopic (exact) mass is 329 g/mol. The molecule has 2 aromatic carbocycles. The van der Waals surface area contributed by atoms with Crippen LogP contribution in [0.4, 0.5) is 5.69 Å². The van der Waals surface area contributed by atoms with E-state index in [1.165, 1.54) is 5.56 Å². The van der Waals surface area contributed by atoms with Gasteiger partial charge in [-0.1, -0.05) is 23.7 Å². The molecule has 4 nitrogen and oxygen atoms in total. The molecule has 6 heteroatoms. The highest BCUT2D eigenvalue weighted by Crippen LogP contribution is 2.39. The summed E-state index contributed by atoms with van der Waals surface area (Å²) in [5.74, 6) is 0. The Morgan fingerprint density at radius 3 is 3.05 bits per heavy atom. The lowest BCUT2D eigenvalue weighted by Gasteiger charge is -2.18. The quantitative estimate of drug-likeness (QED) is 0.729. The predicted molar refractivity (Wildman–Crippen MR) is 90.7 cm³/mol. The normalized spacial score (nSPS) is 13.6. The van der Waals surface area contributed by atoms with Gasteiger partial charge in [0.25, 0.3) is 5.56 Å². The molecule has 0 saturated heterocycles. The maximum atomic E-state index is 11.9. The molecule has 1 aliphatic rings. The SMILES string of the molecule is O=c1[nH]ncc2c(SN3CCc4ccc(Cl)cc43)cccc12. The molecule has 0 spiro atoms. The first kappa shape index (κ1) is 13.7. The van der Waals surface area contributed by atoms with Crippen LogP contribution in [0.1, 0.15) is 5.56 Å². The van der Waals surface area contributed by atoms with E-state index in [0.29, 0.717) is 5.39 Å². The average Bonchev–Trinajstić information content (AvgIpc) is 2.91. The minimum Gasteiger partial charge on any atom is -0.311 e. The van der Waals surface area contributed by atoms with Gasteiger partial charge in [0.15, 0.2) is 0 Å². The van der Waals surface area contributed by atoms with Crippen molar-refractivity contribution in [1.29, 1.82) is 0 Å². The minimum atomic E-state index is -0.162. The van der Waals surface area contributed by atoms with Crippen LogP contribution in [0.25, 0.3) is 10.8 Å². The van der Waals surface area contributed by atoms with Crippen molar-refractivity contribution in [3.8, 4) is 0 Å². The summed E-state index contributed by atoms with van der Waals surface area (Å²) >= 11 is 7.74. The Labute approximate surface area is 136 Å². The molecular formula is C16H12ClN3OS. The summed E-state index contributed by atoms with van der Waals surface area (Å²) in [6, 6.07) is 11.7. The number of H-pyrrole nitrogens is 1. The molecule has 22 heavy (non-hydrogen) atoms. The molecule has 0 unspecified atom stereocenters. The summed E-state index contributed by atoms with van der Waals surface area (Å²) in [5.41, 5.74) is 2.28. The Morgan fingerprint density at radius 2 is 2.14 bits per heavy atom. The third-order valence-corrected chi connectivity index (χ3v) is 5.17. The molecule has 0 radical (unpaired) electrons. The van der Waals surface area contributed by atoms with E-state index in [4.69, 9.17) is 11.6 Å². The summed E-state index contributed by atoms with van der Waals surface area (Å²) in [5, 5.41) is 8.65. The zero-order valence-corrected chi connectivity index (χ0v) is 13.1. The number of halogens is 1. The maximum absolute atomic E-state index is 11.9. The van der Waals surface area contributed by atoms with Crippen LogP contribution in [0.3, 0.4) is 0 Å². The standard InChI is InChI=1S/C16H12ClN3OS/c17-11-5-4-10-6-7-20(14(10)8-11)22-15-3-1-2-12-13(15)9-18-19-16(12)21/h1-5,8-9H,6-7H2,(H,19,21). The third-order valence-electron chi connectivity index (χ3n) is 3.78. The number of benzene rings is 2. The van der Waals surface area contributed by atoms with Crippen molar-refractivity contribution < 1.29 is 0 Å². The first-order valence-electron chi connectivity index (χ1n) is 6.93. The van der Waals surface area contributed by atoms with Gasteiger partial charge in [0.2, 0.25) is 0 Å². The van der Waals surface area contributed by atoms with Crippen LogP contribution in [0, 0.1) is 0 Å². The summed E-state index contributed by atoms with van der Waals surface area (Å²) in [6.45, 7) is 0.924. The summed E-state index contributed by atoms with van der Waals surface area (Å²) in [4.78, 5) is 12.9. The van der Waals surface area contributed by atoms with Gasteiger partial charge in [-0.25, -0.2) is 5.10 Å². The lowest BCUT2D eigenvalue weighted by molar-refractivity contribution is 1.01. The number of hydrogen-bond donors (Lipinski definition) is 1. The van der Waals surface area contributed by atoms with Crippen LogP contribution < -0.4 is 9.86 Å². The fraction of sp³-hybridized carbons (Fsp3) is 0.125. The molecule has 110 valence electrons. The Bertz CT molecular complexity index is 925. The Balaban J connectivity index is 1.76. The highest BCUT2D eigenvalue weighted by molar-refractivity contribution is 8.00. The van der Waals surface area contributed by atoms with Crippen LogP contribution in [0.5, 0.6) is 0 Å². The summed E-state index contributed by atoms with van der Waals surface area (Å²) < 4.78 is 2.22. The van der Waals surface area contributed by atoms with Gasteiger partial charge < -0.3 is 4.31 Å². The van der Waals surface area contributed by atoms with Crippen LogP contribution in [0.15, 0.2) is 52.3 Å². The summed E-state index contributed by atoms with van der Waals surface area (Å²) in [7, 11) is 0. The molecule has 0 aliphatic carbocycles. The van der Waals surface area contributed by atoms with Gasteiger partial charge in [0.1, 0.15) is 0 Å². The van der Waals surface area contributed by atoms with Crippen LogP contribution >= 0.6 is 23.5 Å². The van der Waals surface area contributed by atoms with Crippen molar-refractivity contribution in [3.05, 3.63) is 63.5 Å². The van der Waals surface area contributed by atoms with E-state index in [2.05, 4.69) is 20.6 Å². The van der Waals surface area contributed by atoms with Gasteiger partial charge >= 0.3 is 0 Å². The van der Waals surface area contributed by atoms with Crippen molar-refractivity contribution in [2.45, 2.75) is 11.3 Å². The van der Waals surface area contributed by atoms with Crippen LogP contribution in [-0.2, 0) is 6.42 Å².